The number of aromatic nitrogens is 2. The van der Waals surface area contributed by atoms with Gasteiger partial charge >= 0.3 is 0 Å². The van der Waals surface area contributed by atoms with Gasteiger partial charge in [-0.2, -0.15) is 0 Å². The Morgan fingerprint density at radius 2 is 1.48 bits per heavy atom. The third kappa shape index (κ3) is 6.11. The lowest BCUT2D eigenvalue weighted by molar-refractivity contribution is 0.0948. The van der Waals surface area contributed by atoms with E-state index < -0.39 is 0 Å². The van der Waals surface area contributed by atoms with Crippen LogP contribution in [0.25, 0.3) is 0 Å². The summed E-state index contributed by atoms with van der Waals surface area (Å²) in [5.41, 5.74) is 2.43. The van der Waals surface area contributed by atoms with Crippen LogP contribution in [-0.4, -0.2) is 28.9 Å². The number of carbonyl (C=O) groups excluding carboxylic acids is 2. The molecule has 2 N–H and O–H groups in total. The minimum absolute atomic E-state index is 0. The smallest absolute Gasteiger partial charge is 0.255 e. The van der Waals surface area contributed by atoms with Crippen LogP contribution in [0.2, 0.25) is 0 Å². The van der Waals surface area contributed by atoms with Crippen molar-refractivity contribution in [2.24, 2.45) is 0 Å². The quantitative estimate of drug-likeness (QED) is 0.569. The molecule has 0 unspecified atom stereocenters. The van der Waals surface area contributed by atoms with E-state index in [2.05, 4.69) is 20.6 Å². The summed E-state index contributed by atoms with van der Waals surface area (Å²) >= 11 is 0. The molecule has 0 saturated heterocycles. The number of ether oxygens (including phenoxy) is 1. The average Bonchev–Trinajstić information content (AvgIpc) is 2.76. The SMILES string of the molecule is Br.COc1ccc(C(=O)NCc2cccnc2)cc1C(=O)NCc1cccnc1. The standard InChI is InChI=1S/C21H20N4O3.BrH/c1-28-19-7-6-17(20(26)24-13-15-4-2-8-22-11-15)10-18(19)21(27)25-14-16-5-3-9-23-12-16;/h2-12H,13-14H2,1H3,(H,24,26)(H,25,27);1H. The van der Waals surface area contributed by atoms with Crippen LogP contribution < -0.4 is 15.4 Å². The normalized spacial score (nSPS) is 9.83. The van der Waals surface area contributed by atoms with Gasteiger partial charge in [0.25, 0.3) is 11.8 Å². The van der Waals surface area contributed by atoms with Crippen molar-refractivity contribution in [1.29, 1.82) is 0 Å². The number of hydrogen-bond acceptors (Lipinski definition) is 5. The summed E-state index contributed by atoms with van der Waals surface area (Å²) in [7, 11) is 1.48. The summed E-state index contributed by atoms with van der Waals surface area (Å²) in [6.07, 6.45) is 6.71. The molecule has 2 heterocycles. The number of methoxy groups -OCH3 is 1. The van der Waals surface area contributed by atoms with Gasteiger partial charge in [0.05, 0.1) is 12.7 Å². The molecule has 0 saturated carbocycles. The number of amides is 2. The molecule has 0 bridgehead atoms. The molecule has 0 aliphatic heterocycles. The molecule has 0 aliphatic rings. The second-order valence-corrected chi connectivity index (χ2v) is 6.00. The molecule has 29 heavy (non-hydrogen) atoms. The number of rotatable bonds is 7. The van der Waals surface area contributed by atoms with E-state index in [-0.39, 0.29) is 28.8 Å². The van der Waals surface area contributed by atoms with Gasteiger partial charge in [0.2, 0.25) is 0 Å². The van der Waals surface area contributed by atoms with Crippen molar-refractivity contribution in [3.05, 3.63) is 89.5 Å². The predicted octanol–water partition coefficient (Wildman–Crippen LogP) is 2.92. The van der Waals surface area contributed by atoms with Gasteiger partial charge in [0, 0.05) is 43.4 Å². The fourth-order valence-corrected chi connectivity index (χ4v) is 2.59. The summed E-state index contributed by atoms with van der Waals surface area (Å²) < 4.78 is 5.27. The maximum Gasteiger partial charge on any atom is 0.255 e. The Labute approximate surface area is 179 Å². The Balaban J connectivity index is 0.00000300. The van der Waals surface area contributed by atoms with Crippen LogP contribution in [0.3, 0.4) is 0 Å². The second-order valence-electron chi connectivity index (χ2n) is 6.00. The van der Waals surface area contributed by atoms with Crippen LogP contribution >= 0.6 is 17.0 Å². The van der Waals surface area contributed by atoms with E-state index in [4.69, 9.17) is 4.74 Å². The fraction of sp³-hybridized carbons (Fsp3) is 0.143. The Hall–Kier alpha value is -3.26. The molecule has 150 valence electrons. The number of carbonyl (C=O) groups is 2. The molecule has 2 amide bonds. The molecule has 7 nitrogen and oxygen atoms in total. The first-order valence-corrected chi connectivity index (χ1v) is 8.69. The maximum atomic E-state index is 12.6. The fourth-order valence-electron chi connectivity index (χ4n) is 2.59. The molecule has 3 rings (SSSR count). The number of pyridine rings is 2. The molecule has 0 atom stereocenters. The number of nitrogens with zero attached hydrogens (tertiary/aromatic N) is 2. The molecule has 3 aromatic rings. The van der Waals surface area contributed by atoms with E-state index in [1.54, 1.807) is 49.1 Å². The molecule has 0 spiro atoms. The first-order valence-electron chi connectivity index (χ1n) is 8.69. The van der Waals surface area contributed by atoms with Crippen molar-refractivity contribution < 1.29 is 14.3 Å². The van der Waals surface area contributed by atoms with Crippen LogP contribution in [0, 0.1) is 0 Å². The van der Waals surface area contributed by atoms with Crippen molar-refractivity contribution in [3.63, 3.8) is 0 Å². The lowest BCUT2D eigenvalue weighted by Gasteiger charge is -2.12. The average molecular weight is 457 g/mol. The first-order chi connectivity index (χ1) is 13.7. The van der Waals surface area contributed by atoms with Crippen LogP contribution in [0.1, 0.15) is 31.8 Å². The van der Waals surface area contributed by atoms with Crippen molar-refractivity contribution in [2.45, 2.75) is 13.1 Å². The topological polar surface area (TPSA) is 93.2 Å². The largest absolute Gasteiger partial charge is 0.496 e. The van der Waals surface area contributed by atoms with E-state index >= 15 is 0 Å². The minimum atomic E-state index is -0.331. The van der Waals surface area contributed by atoms with E-state index in [0.717, 1.165) is 11.1 Å². The van der Waals surface area contributed by atoms with Gasteiger partial charge < -0.3 is 15.4 Å². The summed E-state index contributed by atoms with van der Waals surface area (Å²) in [5, 5.41) is 5.63. The van der Waals surface area contributed by atoms with E-state index in [0.29, 0.717) is 30.0 Å². The van der Waals surface area contributed by atoms with Crippen molar-refractivity contribution in [2.75, 3.05) is 7.11 Å². The van der Waals surface area contributed by atoms with Gasteiger partial charge in [0.1, 0.15) is 5.75 Å². The summed E-state index contributed by atoms with van der Waals surface area (Å²) in [5.74, 6) is -0.220. The van der Waals surface area contributed by atoms with Gasteiger partial charge in [-0.15, -0.1) is 17.0 Å². The van der Waals surface area contributed by atoms with E-state index in [1.807, 2.05) is 12.1 Å². The number of benzene rings is 1. The van der Waals surface area contributed by atoms with Crippen LogP contribution in [0.15, 0.2) is 67.3 Å². The zero-order valence-corrected chi connectivity index (χ0v) is 17.5. The minimum Gasteiger partial charge on any atom is -0.496 e. The van der Waals surface area contributed by atoms with Crippen molar-refractivity contribution >= 4 is 28.8 Å². The third-order valence-corrected chi connectivity index (χ3v) is 4.06. The highest BCUT2D eigenvalue weighted by Crippen LogP contribution is 2.20. The van der Waals surface area contributed by atoms with Gasteiger partial charge in [-0.3, -0.25) is 19.6 Å². The lowest BCUT2D eigenvalue weighted by atomic mass is 10.1. The molecule has 0 aliphatic carbocycles. The molecule has 8 heteroatoms. The zero-order valence-electron chi connectivity index (χ0n) is 15.8. The summed E-state index contributed by atoms with van der Waals surface area (Å²) in [6.45, 7) is 0.675. The Morgan fingerprint density at radius 3 is 2.00 bits per heavy atom. The molecule has 0 radical (unpaired) electrons. The van der Waals surface area contributed by atoms with E-state index in [1.165, 1.54) is 13.2 Å². The lowest BCUT2D eigenvalue weighted by Crippen LogP contribution is -2.26. The third-order valence-electron chi connectivity index (χ3n) is 4.06. The van der Waals surface area contributed by atoms with Gasteiger partial charge in [-0.25, -0.2) is 0 Å². The number of hydrogen-bond donors (Lipinski definition) is 2. The Kier molecular flexibility index (Phi) is 8.29. The molecule has 2 aromatic heterocycles. The van der Waals surface area contributed by atoms with Crippen LogP contribution in [-0.2, 0) is 13.1 Å². The van der Waals surface area contributed by atoms with E-state index in [9.17, 15) is 9.59 Å². The highest BCUT2D eigenvalue weighted by atomic mass is 79.9. The first kappa shape index (κ1) is 22.0. The second kappa shape index (κ2) is 10.9. The molecular formula is C21H21BrN4O3. The Morgan fingerprint density at radius 1 is 0.897 bits per heavy atom. The summed E-state index contributed by atoms with van der Waals surface area (Å²) in [4.78, 5) is 33.1. The molecular weight excluding hydrogens is 436 g/mol. The van der Waals surface area contributed by atoms with Gasteiger partial charge in [-0.05, 0) is 41.5 Å². The zero-order chi connectivity index (χ0) is 19.8. The number of halogens is 1. The predicted molar refractivity (Wildman–Crippen MR) is 114 cm³/mol. The summed E-state index contributed by atoms with van der Waals surface area (Å²) in [6, 6.07) is 12.1. The number of nitrogens with one attached hydrogen (secondary N) is 2. The maximum absolute atomic E-state index is 12.6. The van der Waals surface area contributed by atoms with Crippen LogP contribution in [0.5, 0.6) is 5.75 Å². The van der Waals surface area contributed by atoms with Crippen LogP contribution in [0.4, 0.5) is 0 Å². The highest BCUT2D eigenvalue weighted by Gasteiger charge is 2.16. The van der Waals surface area contributed by atoms with Crippen molar-refractivity contribution in [1.82, 2.24) is 20.6 Å². The van der Waals surface area contributed by atoms with Crippen molar-refractivity contribution in [3.8, 4) is 5.75 Å². The molecule has 0 fully saturated rings. The highest BCUT2D eigenvalue weighted by molar-refractivity contribution is 8.93. The monoisotopic (exact) mass is 456 g/mol. The van der Waals surface area contributed by atoms with Gasteiger partial charge in [-0.1, -0.05) is 12.1 Å². The Bertz CT molecular complexity index is 953. The van der Waals surface area contributed by atoms with Gasteiger partial charge in [0.15, 0.2) is 0 Å². The molecule has 1 aromatic carbocycles.